The number of sulfonamides is 1. The zero-order chi connectivity index (χ0) is 22.1. The summed E-state index contributed by atoms with van der Waals surface area (Å²) >= 11 is 12.1. The van der Waals surface area contributed by atoms with Crippen LogP contribution in [0.15, 0.2) is 42.5 Å². The number of carbonyl (C=O) groups excluding carboxylic acids is 1. The van der Waals surface area contributed by atoms with Gasteiger partial charge >= 0.3 is 0 Å². The second-order valence-electron chi connectivity index (χ2n) is 7.45. The van der Waals surface area contributed by atoms with Crippen molar-refractivity contribution < 1.29 is 13.2 Å². The van der Waals surface area contributed by atoms with Crippen molar-refractivity contribution in [1.29, 1.82) is 0 Å². The van der Waals surface area contributed by atoms with Crippen molar-refractivity contribution in [3.8, 4) is 0 Å². The van der Waals surface area contributed by atoms with Crippen molar-refractivity contribution in [2.75, 3.05) is 41.6 Å². The minimum Gasteiger partial charge on any atom is -0.368 e. The molecule has 0 saturated carbocycles. The van der Waals surface area contributed by atoms with Crippen LogP contribution in [0.3, 0.4) is 0 Å². The molecule has 1 fully saturated rings. The van der Waals surface area contributed by atoms with E-state index in [1.807, 2.05) is 25.1 Å². The summed E-state index contributed by atoms with van der Waals surface area (Å²) in [7, 11) is -3.66. The molecule has 2 aromatic rings. The molecule has 9 heteroatoms. The molecule has 0 spiro atoms. The van der Waals surface area contributed by atoms with Gasteiger partial charge < -0.3 is 9.80 Å². The summed E-state index contributed by atoms with van der Waals surface area (Å²) in [6.45, 7) is 5.96. The van der Waals surface area contributed by atoms with Crippen LogP contribution in [0.2, 0.25) is 10.0 Å². The maximum absolute atomic E-state index is 13.1. The van der Waals surface area contributed by atoms with Gasteiger partial charge in [0, 0.05) is 41.9 Å². The number of anilines is 2. The molecule has 3 rings (SSSR count). The van der Waals surface area contributed by atoms with Crippen LogP contribution in [0.25, 0.3) is 0 Å². The Morgan fingerprint density at radius 2 is 1.57 bits per heavy atom. The maximum atomic E-state index is 13.1. The molecule has 1 aliphatic heterocycles. The van der Waals surface area contributed by atoms with E-state index in [1.54, 1.807) is 36.1 Å². The SMILES string of the molecule is Cc1ccc(Cl)cc1N1CCN(C(=O)[C@@H](C)N(c2ccc(Cl)cc2)S(C)(=O)=O)CC1. The molecule has 0 aromatic heterocycles. The van der Waals surface area contributed by atoms with Crippen molar-refractivity contribution in [1.82, 2.24) is 4.90 Å². The van der Waals surface area contributed by atoms with Gasteiger partial charge in [-0.3, -0.25) is 9.10 Å². The Morgan fingerprint density at radius 1 is 1.00 bits per heavy atom. The molecule has 30 heavy (non-hydrogen) atoms. The third kappa shape index (κ3) is 5.02. The number of hydrogen-bond acceptors (Lipinski definition) is 4. The first-order valence-electron chi connectivity index (χ1n) is 9.63. The fourth-order valence-electron chi connectivity index (χ4n) is 3.75. The van der Waals surface area contributed by atoms with Gasteiger partial charge in [-0.1, -0.05) is 29.3 Å². The van der Waals surface area contributed by atoms with E-state index in [0.717, 1.165) is 21.8 Å². The summed E-state index contributed by atoms with van der Waals surface area (Å²) in [5.41, 5.74) is 2.59. The Bertz CT molecular complexity index is 1020. The summed E-state index contributed by atoms with van der Waals surface area (Å²) in [6.07, 6.45) is 1.10. The summed E-state index contributed by atoms with van der Waals surface area (Å²) in [5.74, 6) is -0.224. The molecule has 0 radical (unpaired) electrons. The molecule has 0 unspecified atom stereocenters. The van der Waals surface area contributed by atoms with Gasteiger partial charge in [0.05, 0.1) is 11.9 Å². The Labute approximate surface area is 188 Å². The first kappa shape index (κ1) is 22.7. The van der Waals surface area contributed by atoms with Gasteiger partial charge in [-0.15, -0.1) is 0 Å². The summed E-state index contributed by atoms with van der Waals surface area (Å²) in [6, 6.07) is 11.3. The fraction of sp³-hybridized carbons (Fsp3) is 0.381. The second kappa shape index (κ2) is 9.04. The highest BCUT2D eigenvalue weighted by Gasteiger charge is 2.33. The number of carbonyl (C=O) groups is 1. The lowest BCUT2D eigenvalue weighted by molar-refractivity contribution is -0.132. The quantitative estimate of drug-likeness (QED) is 0.667. The third-order valence-electron chi connectivity index (χ3n) is 5.25. The average Bonchev–Trinajstić information content (AvgIpc) is 2.70. The Morgan fingerprint density at radius 3 is 2.13 bits per heavy atom. The van der Waals surface area contributed by atoms with Crippen LogP contribution in [0.1, 0.15) is 12.5 Å². The predicted molar refractivity (Wildman–Crippen MR) is 123 cm³/mol. The molecule has 162 valence electrons. The lowest BCUT2D eigenvalue weighted by Crippen LogP contribution is -2.55. The molecule has 1 amide bonds. The largest absolute Gasteiger partial charge is 0.368 e. The van der Waals surface area contributed by atoms with Crippen molar-refractivity contribution >= 4 is 50.5 Å². The fourth-order valence-corrected chi connectivity index (χ4v) is 5.21. The molecule has 2 aromatic carbocycles. The lowest BCUT2D eigenvalue weighted by atomic mass is 10.1. The molecule has 1 atom stereocenters. The summed E-state index contributed by atoms with van der Waals surface area (Å²) in [4.78, 5) is 17.1. The van der Waals surface area contributed by atoms with Gasteiger partial charge in [-0.05, 0) is 55.8 Å². The molecule has 6 nitrogen and oxygen atoms in total. The van der Waals surface area contributed by atoms with Gasteiger partial charge in [-0.2, -0.15) is 0 Å². The molecular weight excluding hydrogens is 445 g/mol. The number of rotatable bonds is 5. The second-order valence-corrected chi connectivity index (χ2v) is 10.2. The van der Waals surface area contributed by atoms with Crippen molar-refractivity contribution in [2.24, 2.45) is 0 Å². The first-order chi connectivity index (χ1) is 14.1. The lowest BCUT2D eigenvalue weighted by Gasteiger charge is -2.39. The minimum atomic E-state index is -3.66. The van der Waals surface area contributed by atoms with Gasteiger partial charge in [0.15, 0.2) is 0 Å². The summed E-state index contributed by atoms with van der Waals surface area (Å²) in [5, 5.41) is 1.17. The number of aryl methyl sites for hydroxylation is 1. The molecule has 1 saturated heterocycles. The number of piperazine rings is 1. The predicted octanol–water partition coefficient (Wildman–Crippen LogP) is 3.81. The zero-order valence-electron chi connectivity index (χ0n) is 17.2. The van der Waals surface area contributed by atoms with E-state index in [4.69, 9.17) is 23.2 Å². The molecule has 1 heterocycles. The monoisotopic (exact) mass is 469 g/mol. The molecule has 1 aliphatic rings. The normalized spacial score (nSPS) is 15.8. The van der Waals surface area contributed by atoms with Gasteiger partial charge in [-0.25, -0.2) is 8.42 Å². The van der Waals surface area contributed by atoms with Crippen LogP contribution in [0.5, 0.6) is 0 Å². The molecular formula is C21H25Cl2N3O3S. The Kier molecular flexibility index (Phi) is 6.84. The third-order valence-corrected chi connectivity index (χ3v) is 6.98. The number of hydrogen-bond donors (Lipinski definition) is 0. The molecule has 0 bridgehead atoms. The smallest absolute Gasteiger partial charge is 0.246 e. The van der Waals surface area contributed by atoms with Crippen LogP contribution < -0.4 is 9.21 Å². The van der Waals surface area contributed by atoms with Gasteiger partial charge in [0.25, 0.3) is 0 Å². The van der Waals surface area contributed by atoms with Crippen molar-refractivity contribution in [3.63, 3.8) is 0 Å². The van der Waals surface area contributed by atoms with E-state index >= 15 is 0 Å². The van der Waals surface area contributed by atoms with Crippen LogP contribution in [-0.2, 0) is 14.8 Å². The number of benzene rings is 2. The van der Waals surface area contributed by atoms with Crippen LogP contribution in [0, 0.1) is 6.92 Å². The van der Waals surface area contributed by atoms with Crippen LogP contribution in [0.4, 0.5) is 11.4 Å². The van der Waals surface area contributed by atoms with Gasteiger partial charge in [0.1, 0.15) is 6.04 Å². The van der Waals surface area contributed by atoms with E-state index in [-0.39, 0.29) is 5.91 Å². The number of nitrogens with zero attached hydrogens (tertiary/aromatic N) is 3. The summed E-state index contributed by atoms with van der Waals surface area (Å²) < 4.78 is 26.1. The first-order valence-corrected chi connectivity index (χ1v) is 12.2. The standard InChI is InChI=1S/C21H25Cl2N3O3S/c1-15-4-5-18(23)14-20(15)24-10-12-25(13-11-24)21(27)16(2)26(30(3,28)29)19-8-6-17(22)7-9-19/h4-9,14,16H,10-13H2,1-3H3/t16-/m1/s1. The molecule has 0 aliphatic carbocycles. The van der Waals surface area contributed by atoms with E-state index < -0.39 is 16.1 Å². The van der Waals surface area contributed by atoms with E-state index in [9.17, 15) is 13.2 Å². The van der Waals surface area contributed by atoms with Crippen LogP contribution in [-0.4, -0.2) is 57.7 Å². The zero-order valence-corrected chi connectivity index (χ0v) is 19.5. The average molecular weight is 470 g/mol. The van der Waals surface area contributed by atoms with Crippen molar-refractivity contribution in [3.05, 3.63) is 58.1 Å². The van der Waals surface area contributed by atoms with E-state index in [1.165, 1.54) is 0 Å². The van der Waals surface area contributed by atoms with Crippen LogP contribution >= 0.6 is 23.2 Å². The van der Waals surface area contributed by atoms with Gasteiger partial charge in [0.2, 0.25) is 15.9 Å². The highest BCUT2D eigenvalue weighted by molar-refractivity contribution is 7.92. The van der Waals surface area contributed by atoms with E-state index in [2.05, 4.69) is 4.90 Å². The van der Waals surface area contributed by atoms with E-state index in [0.29, 0.717) is 41.9 Å². The number of amides is 1. The Balaban J connectivity index is 1.74. The minimum absolute atomic E-state index is 0.224. The highest BCUT2D eigenvalue weighted by atomic mass is 35.5. The topological polar surface area (TPSA) is 60.9 Å². The maximum Gasteiger partial charge on any atom is 0.246 e. The number of halogens is 2. The van der Waals surface area contributed by atoms with Crippen molar-refractivity contribution in [2.45, 2.75) is 19.9 Å². The Hall–Kier alpha value is -1.96. The molecule has 0 N–H and O–H groups in total. The highest BCUT2D eigenvalue weighted by Crippen LogP contribution is 2.27.